The predicted molar refractivity (Wildman–Crippen MR) is 87.5 cm³/mol. The first-order valence-electron chi connectivity index (χ1n) is 8.04. The molecule has 0 amide bonds. The van der Waals surface area contributed by atoms with E-state index in [1.54, 1.807) is 0 Å². The summed E-state index contributed by atoms with van der Waals surface area (Å²) in [5.41, 5.74) is 2.53. The lowest BCUT2D eigenvalue weighted by Gasteiger charge is -2.25. The molecule has 1 atom stereocenters. The molecule has 1 heterocycles. The summed E-state index contributed by atoms with van der Waals surface area (Å²) in [6.45, 7) is 11.4. The van der Waals surface area contributed by atoms with Crippen molar-refractivity contribution in [2.24, 2.45) is 0 Å². The van der Waals surface area contributed by atoms with E-state index in [1.807, 2.05) is 19.9 Å². The van der Waals surface area contributed by atoms with Crippen molar-refractivity contribution in [3.05, 3.63) is 35.9 Å². The van der Waals surface area contributed by atoms with Crippen LogP contribution in [0.1, 0.15) is 43.7 Å². The van der Waals surface area contributed by atoms with E-state index < -0.39 is 0 Å². The fourth-order valence-electron chi connectivity index (χ4n) is 2.93. The third-order valence-corrected chi connectivity index (χ3v) is 3.88. The molecule has 1 aliphatic rings. The van der Waals surface area contributed by atoms with E-state index in [2.05, 4.69) is 24.0 Å². The van der Waals surface area contributed by atoms with Crippen LogP contribution in [0.5, 0.6) is 11.5 Å². The van der Waals surface area contributed by atoms with Crippen LogP contribution >= 0.6 is 0 Å². The Labute approximate surface area is 128 Å². The zero-order chi connectivity index (χ0) is 15.1. The number of ether oxygens (including phenoxy) is 2. The monoisotopic (exact) mass is 289 g/mol. The zero-order valence-corrected chi connectivity index (χ0v) is 13.3. The summed E-state index contributed by atoms with van der Waals surface area (Å²) in [5.74, 6) is 2.32. The van der Waals surface area contributed by atoms with Gasteiger partial charge < -0.3 is 14.8 Å². The number of hydrogen-bond donors (Lipinski definition) is 1. The summed E-state index contributed by atoms with van der Waals surface area (Å²) in [7, 11) is 0. The molecular weight excluding hydrogens is 262 g/mol. The molecule has 0 spiro atoms. The Bertz CT molecular complexity index is 465. The first-order chi connectivity index (χ1) is 10.3. The minimum atomic E-state index is 0.567. The average Bonchev–Trinajstić information content (AvgIpc) is 2.51. The van der Waals surface area contributed by atoms with Crippen molar-refractivity contribution in [1.82, 2.24) is 5.32 Å². The second-order valence-electron chi connectivity index (χ2n) is 5.41. The van der Waals surface area contributed by atoms with Gasteiger partial charge in [0.2, 0.25) is 0 Å². The minimum Gasteiger partial charge on any atom is -0.490 e. The van der Waals surface area contributed by atoms with E-state index in [0.29, 0.717) is 19.1 Å². The van der Waals surface area contributed by atoms with Gasteiger partial charge in [-0.1, -0.05) is 12.1 Å². The SMILES string of the molecule is C=CCc1cc(C2CCCNC2)cc(OCC)c1OCC. The second kappa shape index (κ2) is 8.08. The molecule has 1 aromatic rings. The van der Waals surface area contributed by atoms with Crippen LogP contribution in [0.15, 0.2) is 24.8 Å². The molecule has 3 heteroatoms. The average molecular weight is 289 g/mol. The Hall–Kier alpha value is -1.48. The Kier molecular flexibility index (Phi) is 6.12. The topological polar surface area (TPSA) is 30.5 Å². The Morgan fingerprint density at radius 3 is 2.71 bits per heavy atom. The van der Waals surface area contributed by atoms with Crippen LogP contribution in [0.2, 0.25) is 0 Å². The standard InChI is InChI=1S/C18H27NO2/c1-4-8-14-11-16(15-9-7-10-19-13-15)12-17(20-5-2)18(14)21-6-3/h4,11-12,15,19H,1,5-10,13H2,2-3H3. The van der Waals surface area contributed by atoms with Gasteiger partial charge in [-0.05, 0) is 57.2 Å². The summed E-state index contributed by atoms with van der Waals surface area (Å²) in [5, 5.41) is 3.48. The number of benzene rings is 1. The van der Waals surface area contributed by atoms with Crippen LogP contribution in [0, 0.1) is 0 Å². The second-order valence-corrected chi connectivity index (χ2v) is 5.41. The smallest absolute Gasteiger partial charge is 0.164 e. The van der Waals surface area contributed by atoms with Crippen molar-refractivity contribution in [3.8, 4) is 11.5 Å². The molecule has 1 saturated heterocycles. The molecule has 1 N–H and O–H groups in total. The molecule has 1 unspecified atom stereocenters. The highest BCUT2D eigenvalue weighted by Crippen LogP contribution is 2.37. The first kappa shape index (κ1) is 15.9. The lowest BCUT2D eigenvalue weighted by atomic mass is 9.89. The molecule has 1 aromatic carbocycles. The Morgan fingerprint density at radius 1 is 1.29 bits per heavy atom. The normalized spacial score (nSPS) is 18.3. The predicted octanol–water partition coefficient (Wildman–Crippen LogP) is 3.68. The van der Waals surface area contributed by atoms with Crippen LogP contribution in [-0.4, -0.2) is 26.3 Å². The molecule has 116 valence electrons. The Morgan fingerprint density at radius 2 is 2.10 bits per heavy atom. The van der Waals surface area contributed by atoms with Crippen molar-refractivity contribution in [3.63, 3.8) is 0 Å². The highest BCUT2D eigenvalue weighted by atomic mass is 16.5. The van der Waals surface area contributed by atoms with E-state index >= 15 is 0 Å². The largest absolute Gasteiger partial charge is 0.490 e. The van der Waals surface area contributed by atoms with Crippen LogP contribution < -0.4 is 14.8 Å². The molecule has 0 aromatic heterocycles. The molecule has 1 fully saturated rings. The fourth-order valence-corrected chi connectivity index (χ4v) is 2.93. The van der Waals surface area contributed by atoms with E-state index in [0.717, 1.165) is 31.0 Å². The molecule has 2 rings (SSSR count). The van der Waals surface area contributed by atoms with Crippen molar-refractivity contribution in [1.29, 1.82) is 0 Å². The molecule has 1 aliphatic heterocycles. The maximum Gasteiger partial charge on any atom is 0.164 e. The zero-order valence-electron chi connectivity index (χ0n) is 13.3. The van der Waals surface area contributed by atoms with Gasteiger partial charge in [-0.2, -0.15) is 0 Å². The maximum atomic E-state index is 5.83. The molecule has 0 bridgehead atoms. The van der Waals surface area contributed by atoms with Gasteiger partial charge in [-0.25, -0.2) is 0 Å². The van der Waals surface area contributed by atoms with Crippen LogP contribution in [0.25, 0.3) is 0 Å². The summed E-state index contributed by atoms with van der Waals surface area (Å²) in [6.07, 6.45) is 5.21. The van der Waals surface area contributed by atoms with Gasteiger partial charge in [0.25, 0.3) is 0 Å². The number of piperidine rings is 1. The van der Waals surface area contributed by atoms with Crippen LogP contribution in [0.4, 0.5) is 0 Å². The third kappa shape index (κ3) is 4.01. The highest BCUT2D eigenvalue weighted by molar-refractivity contribution is 5.51. The summed E-state index contributed by atoms with van der Waals surface area (Å²) >= 11 is 0. The molecule has 21 heavy (non-hydrogen) atoms. The van der Waals surface area contributed by atoms with Gasteiger partial charge in [0.05, 0.1) is 13.2 Å². The van der Waals surface area contributed by atoms with Crippen molar-refractivity contribution in [2.45, 2.75) is 39.0 Å². The molecule has 0 saturated carbocycles. The lowest BCUT2D eigenvalue weighted by molar-refractivity contribution is 0.285. The summed E-state index contributed by atoms with van der Waals surface area (Å²) in [6, 6.07) is 4.44. The maximum absolute atomic E-state index is 5.83. The van der Waals surface area contributed by atoms with E-state index in [9.17, 15) is 0 Å². The number of nitrogens with one attached hydrogen (secondary N) is 1. The van der Waals surface area contributed by atoms with Gasteiger partial charge in [-0.15, -0.1) is 6.58 Å². The van der Waals surface area contributed by atoms with Gasteiger partial charge in [-0.3, -0.25) is 0 Å². The molecular formula is C18H27NO2. The van der Waals surface area contributed by atoms with Crippen LogP contribution in [0.3, 0.4) is 0 Å². The van der Waals surface area contributed by atoms with Gasteiger partial charge >= 0.3 is 0 Å². The van der Waals surface area contributed by atoms with E-state index in [-0.39, 0.29) is 0 Å². The molecule has 3 nitrogen and oxygen atoms in total. The lowest BCUT2D eigenvalue weighted by Crippen LogP contribution is -2.28. The number of hydrogen-bond acceptors (Lipinski definition) is 3. The molecule has 0 aliphatic carbocycles. The van der Waals surface area contributed by atoms with Crippen LogP contribution in [-0.2, 0) is 6.42 Å². The summed E-state index contributed by atoms with van der Waals surface area (Å²) in [4.78, 5) is 0. The number of allylic oxidation sites excluding steroid dienone is 1. The van der Waals surface area contributed by atoms with Gasteiger partial charge in [0.1, 0.15) is 0 Å². The van der Waals surface area contributed by atoms with E-state index in [1.165, 1.54) is 24.0 Å². The highest BCUT2D eigenvalue weighted by Gasteiger charge is 2.20. The fraction of sp³-hybridized carbons (Fsp3) is 0.556. The third-order valence-electron chi connectivity index (χ3n) is 3.88. The van der Waals surface area contributed by atoms with Crippen molar-refractivity contribution >= 4 is 0 Å². The minimum absolute atomic E-state index is 0.567. The van der Waals surface area contributed by atoms with Crippen molar-refractivity contribution < 1.29 is 9.47 Å². The quantitative estimate of drug-likeness (QED) is 0.777. The van der Waals surface area contributed by atoms with Gasteiger partial charge in [0, 0.05) is 12.1 Å². The molecule has 0 radical (unpaired) electrons. The number of rotatable bonds is 7. The van der Waals surface area contributed by atoms with Crippen molar-refractivity contribution in [2.75, 3.05) is 26.3 Å². The Balaban J connectivity index is 2.38. The summed E-state index contributed by atoms with van der Waals surface area (Å²) < 4.78 is 11.7. The van der Waals surface area contributed by atoms with Gasteiger partial charge in [0.15, 0.2) is 11.5 Å². The first-order valence-corrected chi connectivity index (χ1v) is 8.04. The van der Waals surface area contributed by atoms with E-state index in [4.69, 9.17) is 9.47 Å².